The van der Waals surface area contributed by atoms with Crippen molar-refractivity contribution in [2.24, 2.45) is 5.92 Å². The SMILES string of the molecule is Cc1nc(CC2CC(NC(=O)Nc3ccc(F)cc3)C2)nc2c1NC(=O)[C@H](C)N2C. The second-order valence-electron chi connectivity index (χ2n) is 8.04. The summed E-state index contributed by atoms with van der Waals surface area (Å²) in [5.41, 5.74) is 1.98. The van der Waals surface area contributed by atoms with Crippen molar-refractivity contribution in [2.45, 2.75) is 45.2 Å². The predicted octanol–water partition coefficient (Wildman–Crippen LogP) is 2.84. The molecule has 0 bridgehead atoms. The first-order chi connectivity index (χ1) is 14.3. The number of aromatic nitrogens is 2. The maximum Gasteiger partial charge on any atom is 0.319 e. The third-order valence-corrected chi connectivity index (χ3v) is 5.80. The summed E-state index contributed by atoms with van der Waals surface area (Å²) in [5, 5.41) is 8.53. The van der Waals surface area contributed by atoms with Gasteiger partial charge in [-0.3, -0.25) is 4.79 Å². The number of hydrogen-bond acceptors (Lipinski definition) is 5. The molecular weight excluding hydrogens is 387 g/mol. The van der Waals surface area contributed by atoms with Crippen molar-refractivity contribution in [1.82, 2.24) is 15.3 Å². The second kappa shape index (κ2) is 7.89. The van der Waals surface area contributed by atoms with Crippen LogP contribution in [0.5, 0.6) is 0 Å². The number of nitrogens with zero attached hydrogens (tertiary/aromatic N) is 3. The van der Waals surface area contributed by atoms with E-state index < -0.39 is 0 Å². The van der Waals surface area contributed by atoms with Gasteiger partial charge in [-0.15, -0.1) is 0 Å². The van der Waals surface area contributed by atoms with Crippen molar-refractivity contribution in [2.75, 3.05) is 22.6 Å². The summed E-state index contributed by atoms with van der Waals surface area (Å²) in [7, 11) is 1.86. The number of amides is 3. The van der Waals surface area contributed by atoms with Crippen molar-refractivity contribution >= 4 is 29.1 Å². The van der Waals surface area contributed by atoms with Gasteiger partial charge in [0, 0.05) is 25.2 Å². The highest BCUT2D eigenvalue weighted by Crippen LogP contribution is 2.34. The number of aryl methyl sites for hydroxylation is 1. The minimum Gasteiger partial charge on any atom is -0.346 e. The molecule has 2 heterocycles. The molecule has 2 aromatic rings. The smallest absolute Gasteiger partial charge is 0.319 e. The van der Waals surface area contributed by atoms with E-state index >= 15 is 0 Å². The average molecular weight is 412 g/mol. The van der Waals surface area contributed by atoms with Crippen LogP contribution in [0, 0.1) is 18.7 Å². The average Bonchev–Trinajstić information content (AvgIpc) is 2.67. The molecule has 1 aromatic heterocycles. The zero-order chi connectivity index (χ0) is 21.4. The van der Waals surface area contributed by atoms with E-state index in [2.05, 4.69) is 25.9 Å². The Hall–Kier alpha value is -3.23. The van der Waals surface area contributed by atoms with E-state index in [0.29, 0.717) is 17.3 Å². The number of benzene rings is 1. The minimum atomic E-state index is -0.342. The molecule has 1 fully saturated rings. The van der Waals surface area contributed by atoms with Gasteiger partial charge in [-0.1, -0.05) is 0 Å². The number of likely N-dealkylation sites (N-methyl/N-ethyl adjacent to an activating group) is 1. The van der Waals surface area contributed by atoms with Gasteiger partial charge in [-0.25, -0.2) is 19.2 Å². The molecule has 0 unspecified atom stereocenters. The summed E-state index contributed by atoms with van der Waals surface area (Å²) >= 11 is 0. The number of anilines is 3. The topological polar surface area (TPSA) is 99.2 Å². The quantitative estimate of drug-likeness (QED) is 0.717. The van der Waals surface area contributed by atoms with E-state index in [1.165, 1.54) is 24.3 Å². The van der Waals surface area contributed by atoms with Gasteiger partial charge in [0.05, 0.1) is 5.69 Å². The molecule has 30 heavy (non-hydrogen) atoms. The number of hydrogen-bond donors (Lipinski definition) is 3. The van der Waals surface area contributed by atoms with Crippen LogP contribution >= 0.6 is 0 Å². The Morgan fingerprint density at radius 3 is 2.67 bits per heavy atom. The number of nitrogens with one attached hydrogen (secondary N) is 3. The highest BCUT2D eigenvalue weighted by Gasteiger charge is 2.33. The molecule has 0 radical (unpaired) electrons. The van der Waals surface area contributed by atoms with Crippen LogP contribution in [-0.4, -0.2) is 41.0 Å². The lowest BCUT2D eigenvalue weighted by Crippen LogP contribution is -2.47. The Labute approximate surface area is 174 Å². The zero-order valence-electron chi connectivity index (χ0n) is 17.2. The van der Waals surface area contributed by atoms with Crippen LogP contribution in [0.4, 0.5) is 26.4 Å². The molecule has 1 aromatic carbocycles. The molecule has 1 saturated carbocycles. The third-order valence-electron chi connectivity index (χ3n) is 5.80. The minimum absolute atomic E-state index is 0.0590. The standard InChI is InChI=1S/C21H25FN6O2/c1-11-18-19(28(3)12(2)20(29)27-18)26-17(23-11)10-13-8-16(9-13)25-21(30)24-15-6-4-14(22)5-7-15/h4-7,12-13,16H,8-10H2,1-3H3,(H,27,29)(H2,24,25,30)/t12-,13?,16?/m0/s1. The van der Waals surface area contributed by atoms with Crippen molar-refractivity contribution in [3.05, 3.63) is 41.6 Å². The van der Waals surface area contributed by atoms with Crippen LogP contribution in [0.3, 0.4) is 0 Å². The fourth-order valence-corrected chi connectivity index (χ4v) is 3.86. The van der Waals surface area contributed by atoms with Crippen LogP contribution in [0.15, 0.2) is 24.3 Å². The Bertz CT molecular complexity index is 974. The largest absolute Gasteiger partial charge is 0.346 e. The number of carbonyl (C=O) groups is 2. The van der Waals surface area contributed by atoms with Gasteiger partial charge in [0.15, 0.2) is 5.82 Å². The summed E-state index contributed by atoms with van der Waals surface area (Å²) in [6, 6.07) is 5.17. The van der Waals surface area contributed by atoms with Crippen LogP contribution in [-0.2, 0) is 11.2 Å². The van der Waals surface area contributed by atoms with Crippen molar-refractivity contribution in [3.63, 3.8) is 0 Å². The highest BCUT2D eigenvalue weighted by atomic mass is 19.1. The molecule has 3 amide bonds. The summed E-state index contributed by atoms with van der Waals surface area (Å²) in [6.07, 6.45) is 2.42. The van der Waals surface area contributed by atoms with E-state index in [1.807, 2.05) is 25.8 Å². The fraction of sp³-hybridized carbons (Fsp3) is 0.429. The van der Waals surface area contributed by atoms with E-state index in [4.69, 9.17) is 0 Å². The monoisotopic (exact) mass is 412 g/mol. The number of rotatable bonds is 4. The molecule has 2 aliphatic rings. The van der Waals surface area contributed by atoms with Gasteiger partial charge in [0.25, 0.3) is 0 Å². The van der Waals surface area contributed by atoms with Crippen LogP contribution < -0.4 is 20.9 Å². The molecule has 3 N–H and O–H groups in total. The summed E-state index contributed by atoms with van der Waals surface area (Å²) in [6.45, 7) is 3.72. The molecule has 4 rings (SSSR count). The Morgan fingerprint density at radius 2 is 1.97 bits per heavy atom. The lowest BCUT2D eigenvalue weighted by molar-refractivity contribution is -0.117. The van der Waals surface area contributed by atoms with Crippen LogP contribution in [0.1, 0.15) is 31.3 Å². The van der Waals surface area contributed by atoms with Crippen LogP contribution in [0.2, 0.25) is 0 Å². The first-order valence-electron chi connectivity index (χ1n) is 10.0. The van der Waals surface area contributed by atoms with Crippen molar-refractivity contribution in [1.29, 1.82) is 0 Å². The van der Waals surface area contributed by atoms with Gasteiger partial charge in [-0.05, 0) is 56.9 Å². The van der Waals surface area contributed by atoms with Gasteiger partial charge in [0.2, 0.25) is 5.91 Å². The molecule has 1 aliphatic carbocycles. The number of urea groups is 1. The Morgan fingerprint density at radius 1 is 1.27 bits per heavy atom. The summed E-state index contributed by atoms with van der Waals surface area (Å²) in [5.74, 6) is 1.49. The Kier molecular flexibility index (Phi) is 5.27. The lowest BCUT2D eigenvalue weighted by atomic mass is 9.78. The zero-order valence-corrected chi connectivity index (χ0v) is 17.2. The van der Waals surface area contributed by atoms with Crippen molar-refractivity contribution < 1.29 is 14.0 Å². The molecule has 1 aliphatic heterocycles. The molecule has 9 heteroatoms. The maximum atomic E-state index is 12.9. The van der Waals surface area contributed by atoms with E-state index in [-0.39, 0.29) is 29.8 Å². The summed E-state index contributed by atoms with van der Waals surface area (Å²) < 4.78 is 12.9. The first-order valence-corrected chi connectivity index (χ1v) is 10.0. The van der Waals surface area contributed by atoms with E-state index in [1.54, 1.807) is 0 Å². The number of carbonyl (C=O) groups excluding carboxylic acids is 2. The molecule has 1 atom stereocenters. The first kappa shape index (κ1) is 20.1. The van der Waals surface area contributed by atoms with E-state index in [0.717, 1.165) is 36.6 Å². The van der Waals surface area contributed by atoms with Gasteiger partial charge >= 0.3 is 6.03 Å². The molecule has 8 nitrogen and oxygen atoms in total. The predicted molar refractivity (Wildman–Crippen MR) is 112 cm³/mol. The van der Waals surface area contributed by atoms with Crippen LogP contribution in [0.25, 0.3) is 0 Å². The highest BCUT2D eigenvalue weighted by molar-refractivity contribution is 6.02. The second-order valence-corrected chi connectivity index (χ2v) is 8.04. The number of halogens is 1. The molecular formula is C21H25FN6O2. The fourth-order valence-electron chi connectivity index (χ4n) is 3.86. The molecule has 0 saturated heterocycles. The van der Waals surface area contributed by atoms with Gasteiger partial charge in [0.1, 0.15) is 23.4 Å². The third kappa shape index (κ3) is 4.05. The van der Waals surface area contributed by atoms with Gasteiger partial charge in [-0.2, -0.15) is 0 Å². The molecule has 158 valence electrons. The Balaban J connectivity index is 1.31. The van der Waals surface area contributed by atoms with Gasteiger partial charge < -0.3 is 20.9 Å². The normalized spacial score (nSPS) is 22.6. The van der Waals surface area contributed by atoms with E-state index in [9.17, 15) is 14.0 Å². The lowest BCUT2D eigenvalue weighted by Gasteiger charge is -2.36. The maximum absolute atomic E-state index is 12.9. The molecule has 0 spiro atoms. The summed E-state index contributed by atoms with van der Waals surface area (Å²) in [4.78, 5) is 35.2. The number of fused-ring (bicyclic) bond motifs is 1. The van der Waals surface area contributed by atoms with Crippen molar-refractivity contribution in [3.8, 4) is 0 Å².